The van der Waals surface area contributed by atoms with Gasteiger partial charge in [-0.3, -0.25) is 4.79 Å². The monoisotopic (exact) mass is 348 g/mol. The molecule has 6 heteroatoms. The summed E-state index contributed by atoms with van der Waals surface area (Å²) in [5.41, 5.74) is 0. The van der Waals surface area contributed by atoms with Crippen molar-refractivity contribution in [3.8, 4) is 0 Å². The Morgan fingerprint density at radius 3 is 1.88 bits per heavy atom. The summed E-state index contributed by atoms with van der Waals surface area (Å²) in [5, 5.41) is 8.46. The van der Waals surface area contributed by atoms with E-state index in [1.165, 1.54) is 25.7 Å². The van der Waals surface area contributed by atoms with Gasteiger partial charge >= 0.3 is 5.97 Å². The Labute approximate surface area is 146 Å². The summed E-state index contributed by atoms with van der Waals surface area (Å²) in [6, 6.07) is 0. The Morgan fingerprint density at radius 2 is 1.38 bits per heavy atom. The second-order valence-corrected chi connectivity index (χ2v) is 5.83. The first-order valence-electron chi connectivity index (χ1n) is 9.23. The van der Waals surface area contributed by atoms with Crippen LogP contribution in [0.3, 0.4) is 0 Å². The van der Waals surface area contributed by atoms with Crippen LogP contribution < -0.4 is 0 Å². The molecule has 0 spiro atoms. The molecule has 1 atom stereocenters. The molecule has 0 aromatic rings. The SMILES string of the molecule is CCCCC(CC)COCCOCCOCCOCCCC(=O)O. The number of unbranched alkanes of at least 4 members (excludes halogenated alkanes) is 1. The molecular weight excluding hydrogens is 312 g/mol. The van der Waals surface area contributed by atoms with Crippen LogP contribution in [0.25, 0.3) is 0 Å². The van der Waals surface area contributed by atoms with Gasteiger partial charge in [0, 0.05) is 19.6 Å². The third-order valence-electron chi connectivity index (χ3n) is 3.69. The number of hydrogen-bond donors (Lipinski definition) is 1. The smallest absolute Gasteiger partial charge is 0.303 e. The van der Waals surface area contributed by atoms with Crippen molar-refractivity contribution in [1.82, 2.24) is 0 Å². The topological polar surface area (TPSA) is 74.2 Å². The number of carbonyl (C=O) groups is 1. The molecule has 0 rings (SSSR count). The normalized spacial score (nSPS) is 12.4. The molecule has 144 valence electrons. The summed E-state index contributed by atoms with van der Waals surface area (Å²) in [4.78, 5) is 10.3. The molecule has 0 aliphatic rings. The highest BCUT2D eigenvalue weighted by molar-refractivity contribution is 5.66. The van der Waals surface area contributed by atoms with Crippen LogP contribution in [0.5, 0.6) is 0 Å². The second kappa shape index (κ2) is 18.6. The molecule has 24 heavy (non-hydrogen) atoms. The van der Waals surface area contributed by atoms with Crippen LogP contribution in [-0.4, -0.2) is 63.9 Å². The van der Waals surface area contributed by atoms with Gasteiger partial charge in [-0.25, -0.2) is 0 Å². The summed E-state index contributed by atoms with van der Waals surface area (Å²) in [6.07, 6.45) is 5.63. The first-order chi connectivity index (χ1) is 11.7. The summed E-state index contributed by atoms with van der Waals surface area (Å²) in [5.74, 6) is -0.120. The van der Waals surface area contributed by atoms with E-state index >= 15 is 0 Å². The zero-order chi connectivity index (χ0) is 17.9. The minimum absolute atomic E-state index is 0.147. The quantitative estimate of drug-likeness (QED) is 0.362. The van der Waals surface area contributed by atoms with Crippen molar-refractivity contribution in [2.45, 2.75) is 52.4 Å². The van der Waals surface area contributed by atoms with E-state index in [4.69, 9.17) is 24.1 Å². The van der Waals surface area contributed by atoms with E-state index in [2.05, 4.69) is 13.8 Å². The highest BCUT2D eigenvalue weighted by atomic mass is 16.6. The van der Waals surface area contributed by atoms with Gasteiger partial charge in [0.2, 0.25) is 0 Å². The Bertz CT molecular complexity index is 272. The zero-order valence-corrected chi connectivity index (χ0v) is 15.5. The predicted octanol–water partition coefficient (Wildman–Crippen LogP) is 3.13. The first-order valence-corrected chi connectivity index (χ1v) is 9.23. The minimum atomic E-state index is -0.790. The Kier molecular flexibility index (Phi) is 18.1. The molecule has 0 aliphatic heterocycles. The molecule has 0 aromatic carbocycles. The van der Waals surface area contributed by atoms with Crippen LogP contribution in [0.4, 0.5) is 0 Å². The van der Waals surface area contributed by atoms with Gasteiger partial charge < -0.3 is 24.1 Å². The molecule has 0 aromatic heterocycles. The molecule has 0 radical (unpaired) electrons. The Hall–Kier alpha value is -0.690. The van der Waals surface area contributed by atoms with Gasteiger partial charge in [0.25, 0.3) is 0 Å². The van der Waals surface area contributed by atoms with Crippen LogP contribution in [0.2, 0.25) is 0 Å². The summed E-state index contributed by atoms with van der Waals surface area (Å²) >= 11 is 0. The average molecular weight is 348 g/mol. The fourth-order valence-corrected chi connectivity index (χ4v) is 2.13. The van der Waals surface area contributed by atoms with Crippen molar-refractivity contribution in [2.75, 3.05) is 52.9 Å². The van der Waals surface area contributed by atoms with Gasteiger partial charge in [-0.05, 0) is 18.8 Å². The van der Waals surface area contributed by atoms with Crippen molar-refractivity contribution in [3.63, 3.8) is 0 Å². The van der Waals surface area contributed by atoms with Gasteiger partial charge in [0.05, 0.1) is 39.6 Å². The lowest BCUT2D eigenvalue weighted by atomic mass is 10.0. The highest BCUT2D eigenvalue weighted by Crippen LogP contribution is 2.12. The Balaban J connectivity index is 3.15. The Morgan fingerprint density at radius 1 is 0.833 bits per heavy atom. The molecule has 6 nitrogen and oxygen atoms in total. The first kappa shape index (κ1) is 23.3. The predicted molar refractivity (Wildman–Crippen MR) is 93.5 cm³/mol. The van der Waals surface area contributed by atoms with E-state index < -0.39 is 5.97 Å². The number of rotatable bonds is 19. The maximum Gasteiger partial charge on any atom is 0.303 e. The fourth-order valence-electron chi connectivity index (χ4n) is 2.13. The molecule has 0 amide bonds. The van der Waals surface area contributed by atoms with Crippen molar-refractivity contribution >= 4 is 5.97 Å². The maximum atomic E-state index is 10.3. The van der Waals surface area contributed by atoms with Gasteiger partial charge in [0.1, 0.15) is 0 Å². The molecular formula is C18H36O6. The second-order valence-electron chi connectivity index (χ2n) is 5.83. The summed E-state index contributed by atoms with van der Waals surface area (Å²) in [6.45, 7) is 9.02. The van der Waals surface area contributed by atoms with Gasteiger partial charge in [-0.15, -0.1) is 0 Å². The van der Waals surface area contributed by atoms with Crippen LogP contribution in [0.1, 0.15) is 52.4 Å². The molecule has 0 saturated heterocycles. The van der Waals surface area contributed by atoms with Crippen molar-refractivity contribution in [1.29, 1.82) is 0 Å². The third kappa shape index (κ3) is 17.7. The average Bonchev–Trinajstić information content (AvgIpc) is 2.57. The maximum absolute atomic E-state index is 10.3. The molecule has 0 bridgehead atoms. The standard InChI is InChI=1S/C18H36O6/c1-3-5-7-17(4-2)16-24-15-14-23-13-12-22-11-10-21-9-6-8-18(19)20/h17H,3-16H2,1-2H3,(H,19,20). The van der Waals surface area contributed by atoms with Crippen molar-refractivity contribution in [3.05, 3.63) is 0 Å². The summed E-state index contributed by atoms with van der Waals surface area (Å²) in [7, 11) is 0. The number of ether oxygens (including phenoxy) is 4. The number of aliphatic carboxylic acids is 1. The van der Waals surface area contributed by atoms with Gasteiger partial charge in [-0.1, -0.05) is 33.1 Å². The van der Waals surface area contributed by atoms with Gasteiger partial charge in [-0.2, -0.15) is 0 Å². The van der Waals surface area contributed by atoms with E-state index in [-0.39, 0.29) is 6.42 Å². The fraction of sp³-hybridized carbons (Fsp3) is 0.944. The van der Waals surface area contributed by atoms with Crippen LogP contribution in [-0.2, 0) is 23.7 Å². The number of carboxylic acid groups (broad SMARTS) is 1. The van der Waals surface area contributed by atoms with Crippen molar-refractivity contribution in [2.24, 2.45) is 5.92 Å². The molecule has 1 unspecified atom stereocenters. The lowest BCUT2D eigenvalue weighted by Gasteiger charge is -2.14. The largest absolute Gasteiger partial charge is 0.481 e. The number of carboxylic acids is 1. The van der Waals surface area contributed by atoms with Crippen LogP contribution >= 0.6 is 0 Å². The van der Waals surface area contributed by atoms with E-state index in [0.29, 0.717) is 58.6 Å². The lowest BCUT2D eigenvalue weighted by molar-refractivity contribution is -0.137. The van der Waals surface area contributed by atoms with Crippen molar-refractivity contribution < 1.29 is 28.8 Å². The summed E-state index contributed by atoms with van der Waals surface area (Å²) < 4.78 is 21.7. The minimum Gasteiger partial charge on any atom is -0.481 e. The zero-order valence-electron chi connectivity index (χ0n) is 15.5. The van der Waals surface area contributed by atoms with E-state index in [9.17, 15) is 4.79 Å². The van der Waals surface area contributed by atoms with E-state index in [1.54, 1.807) is 0 Å². The van der Waals surface area contributed by atoms with Gasteiger partial charge in [0.15, 0.2) is 0 Å². The molecule has 0 fully saturated rings. The van der Waals surface area contributed by atoms with Crippen LogP contribution in [0, 0.1) is 5.92 Å². The third-order valence-corrected chi connectivity index (χ3v) is 3.69. The molecule has 0 aliphatic carbocycles. The highest BCUT2D eigenvalue weighted by Gasteiger charge is 2.05. The molecule has 1 N–H and O–H groups in total. The molecule has 0 heterocycles. The van der Waals surface area contributed by atoms with E-state index in [0.717, 1.165) is 6.61 Å². The lowest BCUT2D eigenvalue weighted by Crippen LogP contribution is -2.14. The molecule has 0 saturated carbocycles. The number of hydrogen-bond acceptors (Lipinski definition) is 5. The van der Waals surface area contributed by atoms with Crippen LogP contribution in [0.15, 0.2) is 0 Å². The van der Waals surface area contributed by atoms with E-state index in [1.807, 2.05) is 0 Å².